The molecule has 124 valence electrons. The first kappa shape index (κ1) is 16.9. The average molecular weight is 319 g/mol. The van der Waals surface area contributed by atoms with Gasteiger partial charge in [-0.25, -0.2) is 9.78 Å². The minimum Gasteiger partial charge on any atom is -0.350 e. The SMILES string of the molecule is CCN[C@H](C)CNC(=O)c1cnc2c(c1)c(=O)n(C)c(=O)n2C. The molecule has 0 fully saturated rings. The molecule has 0 bridgehead atoms. The Hall–Kier alpha value is -2.48. The number of carbonyl (C=O) groups is 1. The van der Waals surface area contributed by atoms with E-state index in [4.69, 9.17) is 0 Å². The number of hydrogen-bond donors (Lipinski definition) is 2. The van der Waals surface area contributed by atoms with Gasteiger partial charge in [0.1, 0.15) is 5.65 Å². The molecule has 1 amide bonds. The molecule has 8 nitrogen and oxygen atoms in total. The second-order valence-electron chi connectivity index (χ2n) is 5.47. The molecule has 0 radical (unpaired) electrons. The van der Waals surface area contributed by atoms with Crippen LogP contribution < -0.4 is 21.9 Å². The molecule has 2 heterocycles. The third kappa shape index (κ3) is 3.31. The van der Waals surface area contributed by atoms with E-state index in [9.17, 15) is 14.4 Å². The molecular formula is C15H21N5O3. The number of nitrogens with zero attached hydrogens (tertiary/aromatic N) is 3. The van der Waals surface area contributed by atoms with Crippen LogP contribution in [0.3, 0.4) is 0 Å². The first-order chi connectivity index (χ1) is 10.9. The van der Waals surface area contributed by atoms with E-state index in [-0.39, 0.29) is 28.5 Å². The fraction of sp³-hybridized carbons (Fsp3) is 0.467. The maximum atomic E-state index is 12.2. The first-order valence-corrected chi connectivity index (χ1v) is 7.44. The largest absolute Gasteiger partial charge is 0.350 e. The zero-order chi connectivity index (χ0) is 17.1. The maximum Gasteiger partial charge on any atom is 0.332 e. The molecule has 2 rings (SSSR count). The van der Waals surface area contributed by atoms with Crippen molar-refractivity contribution in [3.8, 4) is 0 Å². The van der Waals surface area contributed by atoms with Gasteiger partial charge in [-0.2, -0.15) is 0 Å². The quantitative estimate of drug-likeness (QED) is 0.764. The number of aromatic nitrogens is 3. The van der Waals surface area contributed by atoms with E-state index in [1.165, 1.54) is 30.9 Å². The minimum atomic E-state index is -0.466. The predicted molar refractivity (Wildman–Crippen MR) is 87.7 cm³/mol. The molecule has 2 aromatic rings. The number of pyridine rings is 1. The van der Waals surface area contributed by atoms with Gasteiger partial charge in [-0.1, -0.05) is 6.92 Å². The Balaban J connectivity index is 2.35. The Morgan fingerprint density at radius 3 is 2.65 bits per heavy atom. The second-order valence-corrected chi connectivity index (χ2v) is 5.47. The summed E-state index contributed by atoms with van der Waals surface area (Å²) in [5.41, 5.74) is -0.370. The molecule has 0 unspecified atom stereocenters. The summed E-state index contributed by atoms with van der Waals surface area (Å²) in [6, 6.07) is 1.61. The third-order valence-electron chi connectivity index (χ3n) is 3.68. The molecular weight excluding hydrogens is 298 g/mol. The van der Waals surface area contributed by atoms with E-state index in [2.05, 4.69) is 15.6 Å². The van der Waals surface area contributed by atoms with E-state index >= 15 is 0 Å². The van der Waals surface area contributed by atoms with Gasteiger partial charge in [0.05, 0.1) is 10.9 Å². The van der Waals surface area contributed by atoms with E-state index in [1.807, 2.05) is 13.8 Å². The van der Waals surface area contributed by atoms with Crippen LogP contribution in [0.25, 0.3) is 11.0 Å². The van der Waals surface area contributed by atoms with Crippen molar-refractivity contribution in [1.82, 2.24) is 24.8 Å². The van der Waals surface area contributed by atoms with E-state index in [0.29, 0.717) is 6.54 Å². The Labute approximate surface area is 133 Å². The molecule has 8 heteroatoms. The number of amides is 1. The predicted octanol–water partition coefficient (Wildman–Crippen LogP) is -0.640. The van der Waals surface area contributed by atoms with Gasteiger partial charge >= 0.3 is 5.69 Å². The molecule has 0 aliphatic rings. The summed E-state index contributed by atoms with van der Waals surface area (Å²) in [5, 5.41) is 6.22. The van der Waals surface area contributed by atoms with Gasteiger partial charge in [0.2, 0.25) is 0 Å². The van der Waals surface area contributed by atoms with E-state index in [1.54, 1.807) is 0 Å². The van der Waals surface area contributed by atoms with Crippen molar-refractivity contribution >= 4 is 16.9 Å². The van der Waals surface area contributed by atoms with Gasteiger partial charge in [-0.15, -0.1) is 0 Å². The molecule has 0 spiro atoms. The summed E-state index contributed by atoms with van der Waals surface area (Å²) >= 11 is 0. The summed E-state index contributed by atoms with van der Waals surface area (Å²) in [4.78, 5) is 40.3. The summed E-state index contributed by atoms with van der Waals surface area (Å²) < 4.78 is 2.28. The van der Waals surface area contributed by atoms with Crippen molar-refractivity contribution in [2.45, 2.75) is 19.9 Å². The monoisotopic (exact) mass is 319 g/mol. The van der Waals surface area contributed by atoms with Crippen molar-refractivity contribution in [3.63, 3.8) is 0 Å². The van der Waals surface area contributed by atoms with Gasteiger partial charge in [0.15, 0.2) is 0 Å². The number of rotatable bonds is 5. The number of hydrogen-bond acceptors (Lipinski definition) is 5. The van der Waals surface area contributed by atoms with Crippen LogP contribution in [0.1, 0.15) is 24.2 Å². The molecule has 23 heavy (non-hydrogen) atoms. The Morgan fingerprint density at radius 1 is 1.30 bits per heavy atom. The molecule has 2 N–H and O–H groups in total. The smallest absolute Gasteiger partial charge is 0.332 e. The normalized spacial score (nSPS) is 12.3. The van der Waals surface area contributed by atoms with Crippen LogP contribution in [0.4, 0.5) is 0 Å². The Bertz CT molecular complexity index is 853. The van der Waals surface area contributed by atoms with Crippen molar-refractivity contribution in [1.29, 1.82) is 0 Å². The number of carbonyl (C=O) groups excluding carboxylic acids is 1. The van der Waals surface area contributed by atoms with Gasteiger partial charge < -0.3 is 10.6 Å². The number of nitrogens with one attached hydrogen (secondary N) is 2. The van der Waals surface area contributed by atoms with E-state index in [0.717, 1.165) is 11.1 Å². The average Bonchev–Trinajstić information content (AvgIpc) is 2.55. The summed E-state index contributed by atoms with van der Waals surface area (Å²) in [7, 11) is 2.93. The second kappa shape index (κ2) is 6.74. The summed E-state index contributed by atoms with van der Waals surface area (Å²) in [6.45, 7) is 5.24. The van der Waals surface area contributed by atoms with Crippen molar-refractivity contribution < 1.29 is 4.79 Å². The van der Waals surface area contributed by atoms with Gasteiger partial charge in [0, 0.05) is 32.9 Å². The van der Waals surface area contributed by atoms with Crippen LogP contribution >= 0.6 is 0 Å². The van der Waals surface area contributed by atoms with Crippen molar-refractivity contribution in [3.05, 3.63) is 38.7 Å². The van der Waals surface area contributed by atoms with Crippen LogP contribution in [-0.4, -0.2) is 39.2 Å². The van der Waals surface area contributed by atoms with Crippen LogP contribution in [0, 0.1) is 0 Å². The number of aryl methyl sites for hydroxylation is 1. The minimum absolute atomic E-state index is 0.144. The van der Waals surface area contributed by atoms with Crippen LogP contribution in [0.15, 0.2) is 21.9 Å². The highest BCUT2D eigenvalue weighted by molar-refractivity contribution is 5.96. The molecule has 1 atom stereocenters. The molecule has 0 aliphatic carbocycles. The lowest BCUT2D eigenvalue weighted by molar-refractivity contribution is 0.0950. The van der Waals surface area contributed by atoms with Crippen molar-refractivity contribution in [2.75, 3.05) is 13.1 Å². The first-order valence-electron chi connectivity index (χ1n) is 7.44. The highest BCUT2D eigenvalue weighted by Crippen LogP contribution is 2.07. The zero-order valence-corrected chi connectivity index (χ0v) is 13.7. The molecule has 0 saturated heterocycles. The number of fused-ring (bicyclic) bond motifs is 1. The van der Waals surface area contributed by atoms with Gasteiger partial charge in [-0.3, -0.25) is 18.7 Å². The van der Waals surface area contributed by atoms with Gasteiger partial charge in [0.25, 0.3) is 11.5 Å². The van der Waals surface area contributed by atoms with Crippen LogP contribution in [0.2, 0.25) is 0 Å². The molecule has 2 aromatic heterocycles. The summed E-state index contributed by atoms with van der Waals surface area (Å²) in [5.74, 6) is -0.306. The fourth-order valence-electron chi connectivity index (χ4n) is 2.36. The fourth-order valence-corrected chi connectivity index (χ4v) is 2.36. The lowest BCUT2D eigenvalue weighted by Crippen LogP contribution is -2.39. The lowest BCUT2D eigenvalue weighted by atomic mass is 10.2. The van der Waals surface area contributed by atoms with E-state index < -0.39 is 11.2 Å². The topological polar surface area (TPSA) is 98.0 Å². The Kier molecular flexibility index (Phi) is 4.95. The number of likely N-dealkylation sites (N-methyl/N-ethyl adjacent to an activating group) is 1. The standard InChI is InChI=1S/C15H21N5O3/c1-5-16-9(2)7-18-13(21)10-6-11-12(17-8-10)19(3)15(23)20(4)14(11)22/h6,8-9,16H,5,7H2,1-4H3,(H,18,21)/t9-/m1/s1. The van der Waals surface area contributed by atoms with Crippen molar-refractivity contribution in [2.24, 2.45) is 14.1 Å². The van der Waals surface area contributed by atoms with Crippen LogP contribution in [-0.2, 0) is 14.1 Å². The maximum absolute atomic E-state index is 12.2. The highest BCUT2D eigenvalue weighted by atomic mass is 16.2. The molecule has 0 aliphatic heterocycles. The lowest BCUT2D eigenvalue weighted by Gasteiger charge is -2.13. The summed E-state index contributed by atoms with van der Waals surface area (Å²) in [6.07, 6.45) is 1.37. The van der Waals surface area contributed by atoms with Crippen LogP contribution in [0.5, 0.6) is 0 Å². The van der Waals surface area contributed by atoms with Gasteiger partial charge in [-0.05, 0) is 19.5 Å². The third-order valence-corrected chi connectivity index (χ3v) is 3.68. The zero-order valence-electron chi connectivity index (χ0n) is 13.7. The molecule has 0 saturated carbocycles. The highest BCUT2D eigenvalue weighted by Gasteiger charge is 2.13. The Morgan fingerprint density at radius 2 is 2.00 bits per heavy atom. The molecule has 0 aromatic carbocycles.